The van der Waals surface area contributed by atoms with Crippen molar-refractivity contribution < 1.29 is 4.79 Å². The van der Waals surface area contributed by atoms with Gasteiger partial charge in [-0.05, 0) is 6.42 Å². The standard InChI is InChI=1S/C12H18N6O/c1-2-4-14-10-8-18-7-6-16-12(18)11(17-10)15-5-3-9(13)19/h6-8,14H,2-5H2,1H3,(H2,13,19)(H,15,17). The summed E-state index contributed by atoms with van der Waals surface area (Å²) < 4.78 is 1.89. The Bertz CT molecular complexity index is 564. The second-order valence-corrected chi connectivity index (χ2v) is 4.20. The van der Waals surface area contributed by atoms with Crippen LogP contribution < -0.4 is 16.4 Å². The third-order valence-electron chi connectivity index (χ3n) is 2.59. The minimum atomic E-state index is -0.341. The van der Waals surface area contributed by atoms with Gasteiger partial charge in [0.05, 0.1) is 6.20 Å². The molecule has 0 aliphatic carbocycles. The van der Waals surface area contributed by atoms with Crippen LogP contribution in [0, 0.1) is 0 Å². The maximum atomic E-state index is 10.7. The van der Waals surface area contributed by atoms with Gasteiger partial charge >= 0.3 is 0 Å². The molecule has 0 aliphatic rings. The molecular weight excluding hydrogens is 244 g/mol. The number of carbonyl (C=O) groups excluding carboxylic acids is 1. The highest BCUT2D eigenvalue weighted by atomic mass is 16.1. The predicted octanol–water partition coefficient (Wildman–Crippen LogP) is 0.838. The van der Waals surface area contributed by atoms with E-state index >= 15 is 0 Å². The lowest BCUT2D eigenvalue weighted by Gasteiger charge is -2.10. The molecule has 0 fully saturated rings. The number of amides is 1. The second-order valence-electron chi connectivity index (χ2n) is 4.20. The van der Waals surface area contributed by atoms with Crippen LogP contribution in [0.4, 0.5) is 11.6 Å². The zero-order chi connectivity index (χ0) is 13.7. The zero-order valence-corrected chi connectivity index (χ0v) is 10.9. The summed E-state index contributed by atoms with van der Waals surface area (Å²) in [6.45, 7) is 3.39. The molecule has 0 saturated carbocycles. The number of nitrogens with zero attached hydrogens (tertiary/aromatic N) is 3. The molecule has 2 aromatic heterocycles. The monoisotopic (exact) mass is 262 g/mol. The summed E-state index contributed by atoms with van der Waals surface area (Å²) in [7, 11) is 0. The fourth-order valence-corrected chi connectivity index (χ4v) is 1.69. The molecule has 0 unspecified atom stereocenters. The quantitative estimate of drug-likeness (QED) is 0.687. The topological polar surface area (TPSA) is 97.3 Å². The van der Waals surface area contributed by atoms with Crippen molar-refractivity contribution in [1.82, 2.24) is 14.4 Å². The van der Waals surface area contributed by atoms with Crippen molar-refractivity contribution in [3.63, 3.8) is 0 Å². The van der Waals surface area contributed by atoms with E-state index in [9.17, 15) is 4.79 Å². The number of rotatable bonds is 7. The van der Waals surface area contributed by atoms with Crippen LogP contribution in [0.25, 0.3) is 5.65 Å². The molecule has 0 atom stereocenters. The van der Waals surface area contributed by atoms with E-state index in [-0.39, 0.29) is 12.3 Å². The van der Waals surface area contributed by atoms with Crippen molar-refractivity contribution in [2.75, 3.05) is 23.7 Å². The van der Waals surface area contributed by atoms with Gasteiger partial charge in [-0.25, -0.2) is 9.97 Å². The molecule has 7 heteroatoms. The van der Waals surface area contributed by atoms with E-state index in [0.717, 1.165) is 24.4 Å². The zero-order valence-electron chi connectivity index (χ0n) is 10.9. The van der Waals surface area contributed by atoms with Crippen LogP contribution in [0.15, 0.2) is 18.6 Å². The number of aromatic nitrogens is 3. The van der Waals surface area contributed by atoms with E-state index in [1.807, 2.05) is 16.8 Å². The van der Waals surface area contributed by atoms with Crippen molar-refractivity contribution >= 4 is 23.2 Å². The highest BCUT2D eigenvalue weighted by molar-refractivity contribution is 5.74. The van der Waals surface area contributed by atoms with Gasteiger partial charge in [-0.1, -0.05) is 6.92 Å². The summed E-state index contributed by atoms with van der Waals surface area (Å²) in [4.78, 5) is 19.4. The van der Waals surface area contributed by atoms with Gasteiger partial charge < -0.3 is 20.8 Å². The molecule has 0 bridgehead atoms. The average molecular weight is 262 g/mol. The van der Waals surface area contributed by atoms with E-state index in [4.69, 9.17) is 5.73 Å². The number of anilines is 2. The fraction of sp³-hybridized carbons (Fsp3) is 0.417. The Labute approximate surface area is 111 Å². The Morgan fingerprint density at radius 2 is 2.26 bits per heavy atom. The summed E-state index contributed by atoms with van der Waals surface area (Å²) in [6, 6.07) is 0. The lowest BCUT2D eigenvalue weighted by molar-refractivity contribution is -0.117. The van der Waals surface area contributed by atoms with Gasteiger partial charge in [-0.2, -0.15) is 0 Å². The normalized spacial score (nSPS) is 10.6. The molecule has 1 amide bonds. The molecule has 19 heavy (non-hydrogen) atoms. The highest BCUT2D eigenvalue weighted by Gasteiger charge is 2.07. The second kappa shape index (κ2) is 6.03. The lowest BCUT2D eigenvalue weighted by Crippen LogP contribution is -2.17. The molecular formula is C12H18N6O. The molecule has 0 spiro atoms. The first kappa shape index (κ1) is 13.1. The average Bonchev–Trinajstić information content (AvgIpc) is 2.84. The molecule has 2 heterocycles. The highest BCUT2D eigenvalue weighted by Crippen LogP contribution is 2.16. The van der Waals surface area contributed by atoms with Gasteiger partial charge in [0.2, 0.25) is 5.91 Å². The molecule has 7 nitrogen and oxygen atoms in total. The number of hydrogen-bond acceptors (Lipinski definition) is 5. The summed E-state index contributed by atoms with van der Waals surface area (Å²) in [5.74, 6) is 1.08. The first-order valence-corrected chi connectivity index (χ1v) is 6.30. The van der Waals surface area contributed by atoms with Crippen molar-refractivity contribution in [2.24, 2.45) is 5.73 Å². The van der Waals surface area contributed by atoms with Crippen LogP contribution in [0.1, 0.15) is 19.8 Å². The van der Waals surface area contributed by atoms with Crippen LogP contribution in [0.2, 0.25) is 0 Å². The lowest BCUT2D eigenvalue weighted by atomic mass is 10.4. The van der Waals surface area contributed by atoms with Crippen LogP contribution in [0.5, 0.6) is 0 Å². The molecule has 102 valence electrons. The molecule has 2 aromatic rings. The summed E-state index contributed by atoms with van der Waals surface area (Å²) in [5.41, 5.74) is 5.84. The van der Waals surface area contributed by atoms with E-state index in [0.29, 0.717) is 12.4 Å². The Balaban J connectivity index is 2.18. The maximum absolute atomic E-state index is 10.7. The third-order valence-corrected chi connectivity index (χ3v) is 2.59. The van der Waals surface area contributed by atoms with Gasteiger partial charge in [-0.3, -0.25) is 4.79 Å². The van der Waals surface area contributed by atoms with Gasteiger partial charge in [-0.15, -0.1) is 0 Å². The minimum Gasteiger partial charge on any atom is -0.370 e. The number of carbonyl (C=O) groups is 1. The van der Waals surface area contributed by atoms with E-state index in [1.54, 1.807) is 6.20 Å². The molecule has 0 radical (unpaired) electrons. The minimum absolute atomic E-state index is 0.265. The van der Waals surface area contributed by atoms with E-state index in [1.165, 1.54) is 0 Å². The van der Waals surface area contributed by atoms with Crippen LogP contribution in [-0.4, -0.2) is 33.4 Å². The SMILES string of the molecule is CCCNc1cn2ccnc2c(NCCC(N)=O)n1. The summed E-state index contributed by atoms with van der Waals surface area (Å²) in [5, 5.41) is 6.31. The summed E-state index contributed by atoms with van der Waals surface area (Å²) in [6.07, 6.45) is 6.74. The molecule has 2 rings (SSSR count). The number of hydrogen-bond donors (Lipinski definition) is 3. The molecule has 0 aromatic carbocycles. The smallest absolute Gasteiger partial charge is 0.219 e. The largest absolute Gasteiger partial charge is 0.370 e. The van der Waals surface area contributed by atoms with Gasteiger partial charge in [0, 0.05) is 31.9 Å². The van der Waals surface area contributed by atoms with Crippen LogP contribution >= 0.6 is 0 Å². The van der Waals surface area contributed by atoms with Crippen molar-refractivity contribution in [3.8, 4) is 0 Å². The Hall–Kier alpha value is -2.31. The Morgan fingerprint density at radius 3 is 3.00 bits per heavy atom. The number of nitrogens with one attached hydrogen (secondary N) is 2. The Morgan fingerprint density at radius 1 is 1.42 bits per heavy atom. The predicted molar refractivity (Wildman–Crippen MR) is 74.1 cm³/mol. The molecule has 0 saturated heterocycles. The van der Waals surface area contributed by atoms with Crippen LogP contribution in [0.3, 0.4) is 0 Å². The van der Waals surface area contributed by atoms with Crippen LogP contribution in [-0.2, 0) is 4.79 Å². The van der Waals surface area contributed by atoms with Crippen molar-refractivity contribution in [2.45, 2.75) is 19.8 Å². The fourth-order valence-electron chi connectivity index (χ4n) is 1.69. The van der Waals surface area contributed by atoms with Gasteiger partial charge in [0.15, 0.2) is 11.5 Å². The molecule has 4 N–H and O–H groups in total. The third kappa shape index (κ3) is 3.34. The maximum Gasteiger partial charge on any atom is 0.219 e. The number of imidazole rings is 1. The first-order chi connectivity index (χ1) is 9.20. The van der Waals surface area contributed by atoms with Gasteiger partial charge in [0.1, 0.15) is 5.82 Å². The summed E-state index contributed by atoms with van der Waals surface area (Å²) >= 11 is 0. The molecule has 0 aliphatic heterocycles. The van der Waals surface area contributed by atoms with Crippen molar-refractivity contribution in [1.29, 1.82) is 0 Å². The Kier molecular flexibility index (Phi) is 4.17. The first-order valence-electron chi connectivity index (χ1n) is 6.30. The van der Waals surface area contributed by atoms with E-state index in [2.05, 4.69) is 27.5 Å². The number of nitrogens with two attached hydrogens (primary N) is 1. The number of primary amides is 1. The number of fused-ring (bicyclic) bond motifs is 1. The van der Waals surface area contributed by atoms with E-state index < -0.39 is 0 Å². The van der Waals surface area contributed by atoms with Crippen molar-refractivity contribution in [3.05, 3.63) is 18.6 Å². The van der Waals surface area contributed by atoms with Gasteiger partial charge in [0.25, 0.3) is 0 Å².